The second-order valence-electron chi connectivity index (χ2n) is 7.56. The first kappa shape index (κ1) is 10.8. The van der Waals surface area contributed by atoms with Gasteiger partial charge in [-0.1, -0.05) is 27.7 Å². The first-order chi connectivity index (χ1) is 7.32. The van der Waals surface area contributed by atoms with Crippen LogP contribution in [0.4, 0.5) is 0 Å². The van der Waals surface area contributed by atoms with Crippen LogP contribution < -0.4 is 0 Å². The predicted octanol–water partition coefficient (Wildman–Crippen LogP) is 3.82. The van der Waals surface area contributed by atoms with Gasteiger partial charge in [-0.05, 0) is 48.3 Å². The molecule has 90 valence electrons. The average Bonchev–Trinajstić information content (AvgIpc) is 2.69. The van der Waals surface area contributed by atoms with Crippen molar-refractivity contribution in [1.29, 1.82) is 0 Å². The van der Waals surface area contributed by atoms with Gasteiger partial charge in [-0.3, -0.25) is 4.79 Å². The van der Waals surface area contributed by atoms with Crippen molar-refractivity contribution in [2.75, 3.05) is 0 Å². The van der Waals surface area contributed by atoms with Crippen LogP contribution in [0.2, 0.25) is 0 Å². The van der Waals surface area contributed by atoms with Crippen molar-refractivity contribution in [3.8, 4) is 0 Å². The van der Waals surface area contributed by atoms with Crippen LogP contribution in [0.1, 0.15) is 59.8 Å². The van der Waals surface area contributed by atoms with Gasteiger partial charge in [0.25, 0.3) is 0 Å². The van der Waals surface area contributed by atoms with Gasteiger partial charge in [0.1, 0.15) is 5.78 Å². The van der Waals surface area contributed by atoms with Gasteiger partial charge in [-0.2, -0.15) is 0 Å². The third-order valence-corrected chi connectivity index (χ3v) is 6.77. The zero-order valence-corrected chi connectivity index (χ0v) is 11.1. The van der Waals surface area contributed by atoms with Crippen molar-refractivity contribution >= 4 is 5.78 Å². The van der Waals surface area contributed by atoms with Crippen LogP contribution >= 0.6 is 0 Å². The van der Waals surface area contributed by atoms with Gasteiger partial charge < -0.3 is 0 Å². The largest absolute Gasteiger partial charge is 0.299 e. The monoisotopic (exact) mass is 220 g/mol. The molecule has 0 aliphatic heterocycles. The SMILES string of the molecule is CC1(C)C2CCC3(C2)C1CCC(=O)C3(C)C. The van der Waals surface area contributed by atoms with Crippen molar-refractivity contribution < 1.29 is 4.79 Å². The molecular weight excluding hydrogens is 196 g/mol. The molecule has 0 aromatic heterocycles. The fourth-order valence-electron chi connectivity index (χ4n) is 5.54. The molecule has 1 spiro atoms. The molecule has 3 rings (SSSR count). The van der Waals surface area contributed by atoms with Crippen LogP contribution in [0.15, 0.2) is 0 Å². The van der Waals surface area contributed by atoms with Crippen molar-refractivity contribution in [3.63, 3.8) is 0 Å². The number of hydrogen-bond acceptors (Lipinski definition) is 1. The molecule has 0 aromatic rings. The normalized spacial score (nSPS) is 48.1. The van der Waals surface area contributed by atoms with Crippen molar-refractivity contribution in [2.24, 2.45) is 28.1 Å². The maximum atomic E-state index is 12.3. The number of carbonyl (C=O) groups excluding carboxylic acids is 1. The zero-order valence-electron chi connectivity index (χ0n) is 11.1. The number of ketones is 1. The van der Waals surface area contributed by atoms with E-state index in [9.17, 15) is 4.79 Å². The van der Waals surface area contributed by atoms with Crippen molar-refractivity contribution in [2.45, 2.75) is 59.8 Å². The number of carbonyl (C=O) groups is 1. The highest BCUT2D eigenvalue weighted by Gasteiger charge is 2.69. The molecule has 3 fully saturated rings. The quantitative estimate of drug-likeness (QED) is 0.606. The lowest BCUT2D eigenvalue weighted by Crippen LogP contribution is -2.52. The Kier molecular flexibility index (Phi) is 1.85. The van der Waals surface area contributed by atoms with Gasteiger partial charge in [0.05, 0.1) is 0 Å². The predicted molar refractivity (Wildman–Crippen MR) is 65.1 cm³/mol. The maximum absolute atomic E-state index is 12.3. The molecule has 0 aromatic carbocycles. The van der Waals surface area contributed by atoms with Gasteiger partial charge >= 0.3 is 0 Å². The molecule has 16 heavy (non-hydrogen) atoms. The van der Waals surface area contributed by atoms with Gasteiger partial charge in [-0.15, -0.1) is 0 Å². The summed E-state index contributed by atoms with van der Waals surface area (Å²) in [6.07, 6.45) is 5.98. The highest BCUT2D eigenvalue weighted by Crippen LogP contribution is 2.74. The van der Waals surface area contributed by atoms with Crippen molar-refractivity contribution in [1.82, 2.24) is 0 Å². The Labute approximate surface area is 99.0 Å². The molecule has 0 heterocycles. The molecule has 3 aliphatic carbocycles. The van der Waals surface area contributed by atoms with Gasteiger partial charge in [0.15, 0.2) is 0 Å². The van der Waals surface area contributed by atoms with Gasteiger partial charge in [-0.25, -0.2) is 0 Å². The maximum Gasteiger partial charge on any atom is 0.139 e. The minimum absolute atomic E-state index is 0.0571. The Balaban J connectivity index is 2.11. The second kappa shape index (κ2) is 2.73. The van der Waals surface area contributed by atoms with Crippen molar-refractivity contribution in [3.05, 3.63) is 0 Å². The van der Waals surface area contributed by atoms with E-state index in [2.05, 4.69) is 27.7 Å². The summed E-state index contributed by atoms with van der Waals surface area (Å²) in [4.78, 5) is 12.3. The highest BCUT2D eigenvalue weighted by molar-refractivity contribution is 5.86. The van der Waals surface area contributed by atoms with Crippen LogP contribution in [-0.4, -0.2) is 5.78 Å². The fraction of sp³-hybridized carbons (Fsp3) is 0.933. The Hall–Kier alpha value is -0.330. The Bertz CT molecular complexity index is 352. The van der Waals surface area contributed by atoms with Crippen LogP contribution in [0.5, 0.6) is 0 Å². The molecule has 3 unspecified atom stereocenters. The van der Waals surface area contributed by atoms with E-state index in [1.165, 1.54) is 19.3 Å². The van der Waals surface area contributed by atoms with E-state index in [4.69, 9.17) is 0 Å². The van der Waals surface area contributed by atoms with Crippen LogP contribution in [0, 0.1) is 28.1 Å². The molecule has 1 nitrogen and oxygen atoms in total. The second-order valence-corrected chi connectivity index (χ2v) is 7.56. The van der Waals surface area contributed by atoms with Crippen LogP contribution in [0.25, 0.3) is 0 Å². The molecule has 2 bridgehead atoms. The van der Waals surface area contributed by atoms with E-state index in [1.807, 2.05) is 0 Å². The molecule has 3 saturated carbocycles. The Morgan fingerprint density at radius 2 is 1.81 bits per heavy atom. The minimum atomic E-state index is -0.0571. The standard InChI is InChI=1S/C15H24O/c1-13(2)10-7-8-15(9-10)11(13)5-6-12(16)14(15,3)4/h10-11H,5-9H2,1-4H3. The molecule has 0 amide bonds. The number of hydrogen-bond donors (Lipinski definition) is 0. The summed E-state index contributed by atoms with van der Waals surface area (Å²) < 4.78 is 0. The molecule has 0 radical (unpaired) electrons. The smallest absolute Gasteiger partial charge is 0.139 e. The third-order valence-electron chi connectivity index (χ3n) is 6.77. The van der Waals surface area contributed by atoms with Gasteiger partial charge in [0.2, 0.25) is 0 Å². The average molecular weight is 220 g/mol. The summed E-state index contributed by atoms with van der Waals surface area (Å²) in [5.74, 6) is 2.20. The first-order valence-electron chi connectivity index (χ1n) is 6.86. The lowest BCUT2D eigenvalue weighted by Gasteiger charge is -2.54. The third kappa shape index (κ3) is 0.926. The van der Waals surface area contributed by atoms with E-state index < -0.39 is 0 Å². The van der Waals surface area contributed by atoms with Crippen LogP contribution in [0.3, 0.4) is 0 Å². The minimum Gasteiger partial charge on any atom is -0.299 e. The molecular formula is C15H24O. The first-order valence-corrected chi connectivity index (χ1v) is 6.86. The Morgan fingerprint density at radius 3 is 2.50 bits per heavy atom. The molecule has 3 aliphatic rings. The van der Waals surface area contributed by atoms with Crippen LogP contribution in [-0.2, 0) is 4.79 Å². The number of rotatable bonds is 0. The fourth-order valence-corrected chi connectivity index (χ4v) is 5.54. The molecule has 0 N–H and O–H groups in total. The molecule has 3 atom stereocenters. The highest BCUT2D eigenvalue weighted by atomic mass is 16.1. The molecule has 0 saturated heterocycles. The van der Waals surface area contributed by atoms with E-state index in [0.29, 0.717) is 16.6 Å². The topological polar surface area (TPSA) is 17.1 Å². The summed E-state index contributed by atoms with van der Waals surface area (Å²) in [7, 11) is 0. The summed E-state index contributed by atoms with van der Waals surface area (Å²) in [6.45, 7) is 9.36. The zero-order chi connectivity index (χ0) is 11.8. The lowest BCUT2D eigenvalue weighted by atomic mass is 9.49. The summed E-state index contributed by atoms with van der Waals surface area (Å²) in [5.41, 5.74) is 0.783. The van der Waals surface area contributed by atoms with E-state index in [-0.39, 0.29) is 5.41 Å². The number of fused-ring (bicyclic) bond motifs is 1. The summed E-state index contributed by atoms with van der Waals surface area (Å²) >= 11 is 0. The lowest BCUT2D eigenvalue weighted by molar-refractivity contribution is -0.147. The Morgan fingerprint density at radius 1 is 1.12 bits per heavy atom. The van der Waals surface area contributed by atoms with Gasteiger partial charge in [0, 0.05) is 11.8 Å². The van der Waals surface area contributed by atoms with E-state index in [1.54, 1.807) is 0 Å². The molecule has 1 heteroatoms. The van der Waals surface area contributed by atoms with E-state index >= 15 is 0 Å². The number of Topliss-reactive ketones (excluding diaryl/α,β-unsaturated/α-hetero) is 1. The summed E-state index contributed by atoms with van der Waals surface area (Å²) in [6, 6.07) is 0. The van der Waals surface area contributed by atoms with E-state index in [0.717, 1.165) is 24.7 Å². The summed E-state index contributed by atoms with van der Waals surface area (Å²) in [5, 5.41) is 0.